The van der Waals surface area contributed by atoms with Crippen molar-refractivity contribution < 1.29 is 13.9 Å². The second kappa shape index (κ2) is 11.2. The number of aliphatic imine (C=N–C) groups is 1. The molecule has 0 radical (unpaired) electrons. The van der Waals surface area contributed by atoms with Crippen LogP contribution in [0.1, 0.15) is 26.3 Å². The maximum Gasteiger partial charge on any atom is 0.219 e. The Hall–Kier alpha value is -1.58. The van der Waals surface area contributed by atoms with Crippen LogP contribution in [0.5, 0.6) is 5.75 Å². The molecule has 1 aromatic rings. The second-order valence-electron chi connectivity index (χ2n) is 5.86. The van der Waals surface area contributed by atoms with E-state index in [4.69, 9.17) is 4.74 Å². The first-order valence-electron chi connectivity index (χ1n) is 8.75. The van der Waals surface area contributed by atoms with Gasteiger partial charge < -0.3 is 19.9 Å². The van der Waals surface area contributed by atoms with Crippen LogP contribution in [0, 0.1) is 5.82 Å². The molecule has 1 amide bonds. The van der Waals surface area contributed by atoms with E-state index < -0.39 is 0 Å². The molecule has 2 rings (SSSR count). The molecule has 1 fully saturated rings. The predicted molar refractivity (Wildman–Crippen MR) is 112 cm³/mol. The zero-order chi connectivity index (χ0) is 18.2. The molecule has 1 aliphatic heterocycles. The maximum absolute atomic E-state index is 13.9. The normalized spacial score (nSPS) is 14.7. The van der Waals surface area contributed by atoms with Gasteiger partial charge in [-0.2, -0.15) is 0 Å². The molecule has 0 saturated carbocycles. The summed E-state index contributed by atoms with van der Waals surface area (Å²) in [7, 11) is 0. The minimum absolute atomic E-state index is 0. The summed E-state index contributed by atoms with van der Waals surface area (Å²) in [5.41, 5.74) is 0.790. The third-order valence-electron chi connectivity index (χ3n) is 4.07. The van der Waals surface area contributed by atoms with Crippen molar-refractivity contribution in [3.63, 3.8) is 0 Å². The number of guanidine groups is 1. The van der Waals surface area contributed by atoms with E-state index in [2.05, 4.69) is 15.2 Å². The molecule has 1 heterocycles. The van der Waals surface area contributed by atoms with E-state index in [9.17, 15) is 9.18 Å². The molecule has 0 bridgehead atoms. The Morgan fingerprint density at radius 3 is 2.42 bits per heavy atom. The summed E-state index contributed by atoms with van der Waals surface area (Å²) < 4.78 is 19.2. The summed E-state index contributed by atoms with van der Waals surface area (Å²) >= 11 is 0. The molecule has 0 atom stereocenters. The second-order valence-corrected chi connectivity index (χ2v) is 5.86. The van der Waals surface area contributed by atoms with Crippen LogP contribution in [0.2, 0.25) is 0 Å². The molecule has 1 aliphatic rings. The lowest BCUT2D eigenvalue weighted by molar-refractivity contribution is -0.130. The molecule has 0 aliphatic carbocycles. The van der Waals surface area contributed by atoms with Crippen LogP contribution in [-0.4, -0.2) is 61.0 Å². The lowest BCUT2D eigenvalue weighted by Crippen LogP contribution is -2.53. The van der Waals surface area contributed by atoms with Crippen molar-refractivity contribution in [2.45, 2.75) is 27.3 Å². The molecule has 0 unspecified atom stereocenters. The third kappa shape index (κ3) is 6.30. The molecule has 1 aromatic carbocycles. The fourth-order valence-electron chi connectivity index (χ4n) is 2.74. The highest BCUT2D eigenvalue weighted by Crippen LogP contribution is 2.18. The van der Waals surface area contributed by atoms with Crippen molar-refractivity contribution in [3.05, 3.63) is 29.6 Å². The molecule has 0 spiro atoms. The van der Waals surface area contributed by atoms with Crippen LogP contribution >= 0.6 is 24.0 Å². The molecule has 0 aromatic heterocycles. The number of carbonyl (C=O) groups excluding carboxylic acids is 1. The number of hydrogen-bond acceptors (Lipinski definition) is 3. The monoisotopic (exact) mass is 478 g/mol. The minimum Gasteiger partial charge on any atom is -0.491 e. The summed E-state index contributed by atoms with van der Waals surface area (Å²) in [4.78, 5) is 20.0. The van der Waals surface area contributed by atoms with Crippen molar-refractivity contribution in [2.24, 2.45) is 4.99 Å². The quantitative estimate of drug-likeness (QED) is 0.402. The summed E-state index contributed by atoms with van der Waals surface area (Å²) in [6.07, 6.45) is 0. The Labute approximate surface area is 171 Å². The highest BCUT2D eigenvalue weighted by atomic mass is 127. The van der Waals surface area contributed by atoms with Gasteiger partial charge in [0.2, 0.25) is 5.91 Å². The van der Waals surface area contributed by atoms with Crippen molar-refractivity contribution in [1.82, 2.24) is 15.1 Å². The molecule has 1 saturated heterocycles. The van der Waals surface area contributed by atoms with E-state index in [1.807, 2.05) is 24.8 Å². The molecule has 1 N–H and O–H groups in total. The van der Waals surface area contributed by atoms with Crippen LogP contribution < -0.4 is 10.1 Å². The van der Waals surface area contributed by atoms with Crippen molar-refractivity contribution >= 4 is 35.8 Å². The lowest BCUT2D eigenvalue weighted by atomic mass is 10.2. The van der Waals surface area contributed by atoms with Crippen LogP contribution in [0.3, 0.4) is 0 Å². The molecular weight excluding hydrogens is 450 g/mol. The number of nitrogens with one attached hydrogen (secondary N) is 1. The zero-order valence-corrected chi connectivity index (χ0v) is 18.0. The highest BCUT2D eigenvalue weighted by Gasteiger charge is 2.20. The van der Waals surface area contributed by atoms with Gasteiger partial charge in [-0.1, -0.05) is 6.07 Å². The molecule has 146 valence electrons. The standard InChI is InChI=1S/C18H27FN4O2.HI/c1-4-20-18(23-10-8-22(9-11-23)14(3)24)21-13-15-6-7-17(25-5-2)16(19)12-15;/h6-7,12H,4-5,8-11,13H2,1-3H3,(H,20,21);1H. The van der Waals surface area contributed by atoms with E-state index in [-0.39, 0.29) is 41.5 Å². The van der Waals surface area contributed by atoms with Gasteiger partial charge >= 0.3 is 0 Å². The predicted octanol–water partition coefficient (Wildman–Crippen LogP) is 2.47. The van der Waals surface area contributed by atoms with Gasteiger partial charge in [-0.3, -0.25) is 4.79 Å². The third-order valence-corrected chi connectivity index (χ3v) is 4.07. The summed E-state index contributed by atoms with van der Waals surface area (Å²) in [5, 5.41) is 3.27. The maximum atomic E-state index is 13.9. The number of benzene rings is 1. The SMILES string of the molecule is CCNC(=NCc1ccc(OCC)c(F)c1)N1CCN(C(C)=O)CC1.I. The van der Waals surface area contributed by atoms with Crippen LogP contribution in [0.15, 0.2) is 23.2 Å². The fourth-order valence-corrected chi connectivity index (χ4v) is 2.74. The number of piperazine rings is 1. The molecule has 8 heteroatoms. The summed E-state index contributed by atoms with van der Waals surface area (Å²) in [6.45, 7) is 9.87. The number of hydrogen-bond donors (Lipinski definition) is 1. The highest BCUT2D eigenvalue weighted by molar-refractivity contribution is 14.0. The van der Waals surface area contributed by atoms with E-state index in [0.29, 0.717) is 26.2 Å². The average molecular weight is 478 g/mol. The Morgan fingerprint density at radius 1 is 1.23 bits per heavy atom. The molecule has 26 heavy (non-hydrogen) atoms. The van der Waals surface area contributed by atoms with Gasteiger partial charge in [-0.15, -0.1) is 24.0 Å². The number of ether oxygens (including phenoxy) is 1. The van der Waals surface area contributed by atoms with E-state index in [0.717, 1.165) is 31.2 Å². The number of rotatable bonds is 5. The van der Waals surface area contributed by atoms with E-state index >= 15 is 0 Å². The van der Waals surface area contributed by atoms with Crippen LogP contribution in [-0.2, 0) is 11.3 Å². The lowest BCUT2D eigenvalue weighted by Gasteiger charge is -2.36. The van der Waals surface area contributed by atoms with Crippen molar-refractivity contribution in [1.29, 1.82) is 0 Å². The van der Waals surface area contributed by atoms with Gasteiger partial charge in [0.05, 0.1) is 13.2 Å². The van der Waals surface area contributed by atoms with Gasteiger partial charge in [0.25, 0.3) is 0 Å². The largest absolute Gasteiger partial charge is 0.491 e. The van der Waals surface area contributed by atoms with E-state index in [1.165, 1.54) is 6.07 Å². The van der Waals surface area contributed by atoms with Gasteiger partial charge in [-0.05, 0) is 31.5 Å². The fraction of sp³-hybridized carbons (Fsp3) is 0.556. The van der Waals surface area contributed by atoms with E-state index in [1.54, 1.807) is 13.0 Å². The molecular formula is C18H28FIN4O2. The summed E-state index contributed by atoms with van der Waals surface area (Å²) in [6, 6.07) is 4.93. The zero-order valence-electron chi connectivity index (χ0n) is 15.6. The molecule has 6 nitrogen and oxygen atoms in total. The van der Waals surface area contributed by atoms with Gasteiger partial charge in [-0.25, -0.2) is 9.38 Å². The first kappa shape index (κ1) is 22.5. The topological polar surface area (TPSA) is 57.2 Å². The average Bonchev–Trinajstić information content (AvgIpc) is 2.61. The number of carbonyl (C=O) groups is 1. The van der Waals surface area contributed by atoms with Gasteiger partial charge in [0, 0.05) is 39.6 Å². The first-order chi connectivity index (χ1) is 12.0. The summed E-state index contributed by atoms with van der Waals surface area (Å²) in [5.74, 6) is 0.795. The van der Waals surface area contributed by atoms with Gasteiger partial charge in [0.15, 0.2) is 17.5 Å². The Bertz CT molecular complexity index is 619. The minimum atomic E-state index is -0.366. The Kier molecular flexibility index (Phi) is 9.68. The van der Waals surface area contributed by atoms with Crippen LogP contribution in [0.4, 0.5) is 4.39 Å². The van der Waals surface area contributed by atoms with Gasteiger partial charge in [0.1, 0.15) is 0 Å². The Balaban J connectivity index is 0.00000338. The van der Waals surface area contributed by atoms with Crippen LogP contribution in [0.25, 0.3) is 0 Å². The number of amides is 1. The number of halogens is 2. The Morgan fingerprint density at radius 2 is 1.88 bits per heavy atom. The van der Waals surface area contributed by atoms with Crippen molar-refractivity contribution in [3.8, 4) is 5.75 Å². The van der Waals surface area contributed by atoms with Crippen molar-refractivity contribution in [2.75, 3.05) is 39.3 Å². The number of nitrogens with zero attached hydrogens (tertiary/aromatic N) is 3. The first-order valence-corrected chi connectivity index (χ1v) is 8.75. The smallest absolute Gasteiger partial charge is 0.219 e.